The van der Waals surface area contributed by atoms with Gasteiger partial charge in [0.2, 0.25) is 0 Å². The van der Waals surface area contributed by atoms with E-state index in [0.717, 1.165) is 67.6 Å². The van der Waals surface area contributed by atoms with Crippen LogP contribution in [0.25, 0.3) is 41.9 Å². The first-order chi connectivity index (χ1) is 35.1. The third-order valence-electron chi connectivity index (χ3n) is 12.8. The Hall–Kier alpha value is -4.56. The number of aliphatic hydroxyl groups excluding tert-OH is 2. The number of fused-ring (bicyclic) bond motifs is 5. The molecular weight excluding hydrogens is 1450 g/mol. The van der Waals surface area contributed by atoms with E-state index in [1.54, 1.807) is 0 Å². The summed E-state index contributed by atoms with van der Waals surface area (Å²) in [5.74, 6) is 0.301. The van der Waals surface area contributed by atoms with Crippen LogP contribution in [0.4, 0.5) is 0 Å². The minimum Gasteiger partial charge on any atom is -0.656 e. The number of carbonyl (C=O) groups is 2. The third kappa shape index (κ3) is 13.5. The number of ketones is 2. The van der Waals surface area contributed by atoms with Crippen molar-refractivity contribution in [3.05, 3.63) is 221 Å². The molecule has 0 bridgehead atoms. The van der Waals surface area contributed by atoms with E-state index >= 15 is 0 Å². The number of hydrogen-bond donors (Lipinski definition) is 2. The van der Waals surface area contributed by atoms with Gasteiger partial charge in [-0.25, -0.2) is 22.7 Å². The van der Waals surface area contributed by atoms with Gasteiger partial charge in [0, 0.05) is 61.3 Å². The van der Waals surface area contributed by atoms with Crippen molar-refractivity contribution >= 4 is 86.3 Å². The van der Waals surface area contributed by atoms with E-state index in [2.05, 4.69) is 127 Å². The van der Waals surface area contributed by atoms with Crippen molar-refractivity contribution in [1.82, 2.24) is 0 Å². The van der Waals surface area contributed by atoms with Crippen molar-refractivity contribution in [2.24, 2.45) is 0 Å². The number of hydrogen-bond acceptors (Lipinski definition) is 8. The van der Waals surface area contributed by atoms with Gasteiger partial charge in [-0.3, -0.25) is 9.59 Å². The number of nitrogens with zero attached hydrogens (tertiary/aromatic N) is 2. The number of aliphatic hydroxyl groups is 2. The summed E-state index contributed by atoms with van der Waals surface area (Å²) in [5.41, 5.74) is 5.67. The van der Waals surface area contributed by atoms with Gasteiger partial charge >= 0.3 is 0 Å². The molecule has 4 heterocycles. The van der Waals surface area contributed by atoms with Gasteiger partial charge in [0.1, 0.15) is 11.5 Å². The van der Waals surface area contributed by atoms with E-state index in [4.69, 9.17) is 14.6 Å². The van der Waals surface area contributed by atoms with Gasteiger partial charge in [-0.15, -0.1) is 49.4 Å². The summed E-state index contributed by atoms with van der Waals surface area (Å²) >= 11 is 11.1. The second-order valence-corrected chi connectivity index (χ2v) is 21.8. The number of carbonyl (C=O) groups excluding carboxylic acids is 2. The Morgan fingerprint density at radius 2 is 1.09 bits per heavy atom. The van der Waals surface area contributed by atoms with Gasteiger partial charge in [0.25, 0.3) is 0 Å². The van der Waals surface area contributed by atoms with Crippen LogP contribution in [0, 0.1) is 12.1 Å². The minimum atomic E-state index is -0.711. The van der Waals surface area contributed by atoms with Crippen molar-refractivity contribution in [3.63, 3.8) is 0 Å². The molecule has 2 aliphatic heterocycles. The van der Waals surface area contributed by atoms with Gasteiger partial charge in [0.15, 0.2) is 24.8 Å². The smallest absolute Gasteiger partial charge is 0.196 e. The number of rotatable bonds is 12. The Kier molecular flexibility index (Phi) is 20.8. The Morgan fingerprint density at radius 3 is 1.50 bits per heavy atom. The number of benzene rings is 6. The molecule has 2 unspecified atom stereocenters. The van der Waals surface area contributed by atoms with Gasteiger partial charge in [-0.2, -0.15) is 35.0 Å². The topological polar surface area (TPSA) is 121 Å². The number of halogens is 2. The van der Waals surface area contributed by atoms with Crippen LogP contribution in [-0.4, -0.2) is 48.1 Å². The van der Waals surface area contributed by atoms with Crippen molar-refractivity contribution in [2.75, 3.05) is 26.3 Å². The molecule has 386 valence electrons. The zero-order valence-corrected chi connectivity index (χ0v) is 49.9. The predicted molar refractivity (Wildman–Crippen MR) is 299 cm³/mol. The summed E-state index contributed by atoms with van der Waals surface area (Å²) in [6, 6.07) is 52.7. The van der Waals surface area contributed by atoms with Crippen molar-refractivity contribution in [2.45, 2.75) is 62.9 Å². The van der Waals surface area contributed by atoms with Crippen LogP contribution in [0.5, 0.6) is 11.5 Å². The fraction of sp³-hybridized carbons (Fsp3) is 0.233. The molecular formula is C60H52Br2Ir2N2O6S2-4. The normalized spacial score (nSPS) is 16.6. The first-order valence-corrected chi connectivity index (χ1v) is 27.3. The summed E-state index contributed by atoms with van der Waals surface area (Å²) in [5, 5.41) is 30.0. The Labute approximate surface area is 484 Å². The van der Waals surface area contributed by atoms with Crippen molar-refractivity contribution in [3.8, 4) is 22.6 Å². The maximum atomic E-state index is 12.0. The molecule has 2 fully saturated rings. The SMILES string of the molecule is C/C(O)=C/C(=O)COc1ccc(C2(c3ccc(OCC(=O)/C=C\O)cc3)c3cc(Br)ccc3-c3ccc(Br)cc32)cc1.[Ir].[Ir].[c-]1c(C2CCCC[N-]2)sc2ccccc12.[c-]1c(C2CCCC[N-]2)sc2ccccc12. The predicted octanol–water partition coefficient (Wildman–Crippen LogP) is 16.6. The number of thiophene rings is 2. The largest absolute Gasteiger partial charge is 0.656 e. The molecule has 0 saturated carbocycles. The van der Waals surface area contributed by atoms with E-state index < -0.39 is 5.41 Å². The molecule has 0 amide bonds. The van der Waals surface area contributed by atoms with Crippen LogP contribution in [0.1, 0.15) is 89.5 Å². The van der Waals surface area contributed by atoms with E-state index in [1.165, 1.54) is 75.4 Å². The van der Waals surface area contributed by atoms with Crippen LogP contribution in [0.3, 0.4) is 0 Å². The zero-order chi connectivity index (χ0) is 50.0. The molecule has 11 rings (SSSR count). The number of ether oxygens (including phenoxy) is 2. The zero-order valence-electron chi connectivity index (χ0n) is 40.3. The third-order valence-corrected chi connectivity index (χ3v) is 16.2. The molecule has 2 saturated heterocycles. The fourth-order valence-electron chi connectivity index (χ4n) is 9.55. The summed E-state index contributed by atoms with van der Waals surface area (Å²) in [7, 11) is 0. The molecule has 8 aromatic rings. The quantitative estimate of drug-likeness (QED) is 0.0714. The molecule has 14 heteroatoms. The Balaban J connectivity index is 0.000000201. The molecule has 8 nitrogen and oxygen atoms in total. The summed E-state index contributed by atoms with van der Waals surface area (Å²) in [6.07, 6.45) is 10.5. The number of allylic oxidation sites excluding steroid dienone is 1. The minimum absolute atomic E-state index is 0. The second kappa shape index (κ2) is 27.0. The molecule has 2 N–H and O–H groups in total. The van der Waals surface area contributed by atoms with Crippen molar-refractivity contribution < 1.29 is 69.5 Å². The molecule has 2 atom stereocenters. The van der Waals surface area contributed by atoms with Gasteiger partial charge in [-0.1, -0.05) is 138 Å². The molecule has 6 aromatic carbocycles. The molecule has 3 aliphatic rings. The standard InChI is InChI=1S/C34H26Br2O6.2C13H13NS.2Ir/c1-21(38)16-27(40)20-42-29-10-4-23(5-11-29)34(22-2-8-28(9-3-22)41-19-26(39)14-15-37)32-17-24(35)6-12-30(32)31-13-7-25(36)18-33(31)34;2*1-2-7-12-10(5-1)9-13(15-12)11-6-3-4-8-14-11;;/h2-18,37-38H,19-20H2,1H3;2*1-2,5,7,11H,3-4,6,8H2;;/q;2*-2;;/b15-14-,21-16-;;;;. The average Bonchev–Trinajstić information content (AvgIpc) is 4.12. The monoisotopic (exact) mass is 1500 g/mol. The second-order valence-electron chi connectivity index (χ2n) is 17.8. The van der Waals surface area contributed by atoms with E-state index in [1.807, 2.05) is 83.3 Å². The van der Waals surface area contributed by atoms with Crippen LogP contribution < -0.4 is 9.47 Å². The van der Waals surface area contributed by atoms with Crippen molar-refractivity contribution in [1.29, 1.82) is 0 Å². The summed E-state index contributed by atoms with van der Waals surface area (Å²) in [6.45, 7) is 3.13. The Bertz CT molecular complexity index is 3030. The fourth-order valence-corrected chi connectivity index (χ4v) is 12.5. The van der Waals surface area contributed by atoms with Crippen LogP contribution in [0.2, 0.25) is 0 Å². The van der Waals surface area contributed by atoms with Crippen LogP contribution >= 0.6 is 54.5 Å². The van der Waals surface area contributed by atoms with E-state index in [0.29, 0.717) is 29.8 Å². The molecule has 2 radical (unpaired) electrons. The molecule has 0 spiro atoms. The van der Waals surface area contributed by atoms with Crippen LogP contribution in [0.15, 0.2) is 167 Å². The first-order valence-electron chi connectivity index (χ1n) is 24.0. The average molecular weight is 1510 g/mol. The van der Waals surface area contributed by atoms with Gasteiger partial charge in [-0.05, 0) is 88.8 Å². The van der Waals surface area contributed by atoms with Gasteiger partial charge < -0.3 is 30.3 Å². The molecule has 2 aromatic heterocycles. The van der Waals surface area contributed by atoms with E-state index in [-0.39, 0.29) is 70.8 Å². The van der Waals surface area contributed by atoms with Gasteiger partial charge in [0.05, 0.1) is 17.4 Å². The molecule has 1 aliphatic carbocycles. The number of piperidine rings is 2. The Morgan fingerprint density at radius 1 is 0.649 bits per heavy atom. The van der Waals surface area contributed by atoms with Crippen LogP contribution in [-0.2, 0) is 55.2 Å². The maximum Gasteiger partial charge on any atom is 0.196 e. The summed E-state index contributed by atoms with van der Waals surface area (Å²) in [4.78, 5) is 26.5. The molecule has 74 heavy (non-hydrogen) atoms. The first kappa shape index (κ1) is 57.2. The summed E-state index contributed by atoms with van der Waals surface area (Å²) < 4.78 is 15.9. The van der Waals surface area contributed by atoms with E-state index in [9.17, 15) is 14.7 Å². The maximum absolute atomic E-state index is 12.0.